The maximum atomic E-state index is 5.83. The van der Waals surface area contributed by atoms with Crippen LogP contribution in [0.2, 0.25) is 0 Å². The van der Waals surface area contributed by atoms with E-state index in [1.807, 2.05) is 32.6 Å². The molecule has 0 unspecified atom stereocenters. The minimum absolute atomic E-state index is 0.518. The molecular weight excluding hydrogens is 364 g/mol. The minimum Gasteiger partial charge on any atom is -0.494 e. The summed E-state index contributed by atoms with van der Waals surface area (Å²) < 4.78 is 13.3. The van der Waals surface area contributed by atoms with Crippen LogP contribution in [0.4, 0.5) is 0 Å². The minimum atomic E-state index is 0.518. The highest BCUT2D eigenvalue weighted by Crippen LogP contribution is 2.30. The third-order valence-electron chi connectivity index (χ3n) is 5.70. The third-order valence-corrected chi connectivity index (χ3v) is 5.70. The standard InChI is InChI=1S/C23H30N4O2/c1-3-28-23-8-7-18(12-20(23)15-27-10-9-24-16-27)14-25-22-6-4-5-19(22)13-21-11-17(2)26-29-21/h7-12,16,19,22,25H,3-6,13-15H2,1-2H3/t19-,22+/m0/s1. The number of aryl methyl sites for hydroxylation is 1. The Balaban J connectivity index is 1.40. The molecule has 1 aliphatic rings. The smallest absolute Gasteiger partial charge is 0.137 e. The molecule has 1 fully saturated rings. The summed E-state index contributed by atoms with van der Waals surface area (Å²) >= 11 is 0. The molecule has 1 aliphatic carbocycles. The number of ether oxygens (including phenoxy) is 1. The van der Waals surface area contributed by atoms with Gasteiger partial charge in [-0.1, -0.05) is 17.6 Å². The molecule has 2 atom stereocenters. The SMILES string of the molecule is CCOc1ccc(CN[C@@H]2CCC[C@H]2Cc2cc(C)no2)cc1Cn1ccnc1. The van der Waals surface area contributed by atoms with Crippen molar-refractivity contribution in [2.45, 2.75) is 58.7 Å². The van der Waals surface area contributed by atoms with E-state index in [1.165, 1.54) is 30.4 Å². The summed E-state index contributed by atoms with van der Waals surface area (Å²) in [6, 6.07) is 9.09. The zero-order valence-corrected chi connectivity index (χ0v) is 17.3. The van der Waals surface area contributed by atoms with Crippen molar-refractivity contribution >= 4 is 0 Å². The van der Waals surface area contributed by atoms with Crippen LogP contribution < -0.4 is 10.1 Å². The van der Waals surface area contributed by atoms with E-state index in [-0.39, 0.29) is 0 Å². The molecule has 1 saturated carbocycles. The number of benzene rings is 1. The summed E-state index contributed by atoms with van der Waals surface area (Å²) in [7, 11) is 0. The molecule has 6 heteroatoms. The normalized spacial score (nSPS) is 19.0. The van der Waals surface area contributed by atoms with E-state index in [2.05, 4.69) is 44.3 Å². The van der Waals surface area contributed by atoms with Gasteiger partial charge in [-0.05, 0) is 50.3 Å². The maximum absolute atomic E-state index is 5.83. The molecule has 3 aromatic rings. The first kappa shape index (κ1) is 19.7. The van der Waals surface area contributed by atoms with E-state index in [1.54, 1.807) is 0 Å². The fourth-order valence-corrected chi connectivity index (χ4v) is 4.31. The van der Waals surface area contributed by atoms with E-state index in [4.69, 9.17) is 9.26 Å². The van der Waals surface area contributed by atoms with E-state index in [0.717, 1.165) is 36.7 Å². The predicted octanol–water partition coefficient (Wildman–Crippen LogP) is 4.13. The van der Waals surface area contributed by atoms with E-state index >= 15 is 0 Å². The average molecular weight is 395 g/mol. The van der Waals surface area contributed by atoms with Gasteiger partial charge in [-0.25, -0.2) is 4.98 Å². The largest absolute Gasteiger partial charge is 0.494 e. The molecule has 6 nitrogen and oxygen atoms in total. The Hall–Kier alpha value is -2.60. The van der Waals surface area contributed by atoms with Gasteiger partial charge in [-0.3, -0.25) is 0 Å². The zero-order valence-electron chi connectivity index (χ0n) is 17.3. The highest BCUT2D eigenvalue weighted by Gasteiger charge is 2.28. The molecule has 0 radical (unpaired) electrons. The van der Waals surface area contributed by atoms with E-state index in [0.29, 0.717) is 18.6 Å². The summed E-state index contributed by atoms with van der Waals surface area (Å²) in [5, 5.41) is 7.82. The molecule has 4 rings (SSSR count). The highest BCUT2D eigenvalue weighted by atomic mass is 16.5. The molecule has 2 heterocycles. The Labute approximate surface area is 172 Å². The molecule has 154 valence electrons. The highest BCUT2D eigenvalue weighted by molar-refractivity contribution is 5.37. The van der Waals surface area contributed by atoms with Gasteiger partial charge in [0.2, 0.25) is 0 Å². The van der Waals surface area contributed by atoms with Crippen molar-refractivity contribution < 1.29 is 9.26 Å². The van der Waals surface area contributed by atoms with Crippen molar-refractivity contribution in [1.29, 1.82) is 0 Å². The van der Waals surface area contributed by atoms with Crippen LogP contribution >= 0.6 is 0 Å². The summed E-state index contributed by atoms with van der Waals surface area (Å²) in [6.07, 6.45) is 10.3. The fourth-order valence-electron chi connectivity index (χ4n) is 4.31. The zero-order chi connectivity index (χ0) is 20.1. The second kappa shape index (κ2) is 9.27. The number of nitrogens with zero attached hydrogens (tertiary/aromatic N) is 3. The first-order valence-electron chi connectivity index (χ1n) is 10.6. The van der Waals surface area contributed by atoms with Gasteiger partial charge in [-0.15, -0.1) is 0 Å². The van der Waals surface area contributed by atoms with Crippen molar-refractivity contribution in [3.63, 3.8) is 0 Å². The van der Waals surface area contributed by atoms with Crippen LogP contribution in [0.3, 0.4) is 0 Å². The average Bonchev–Trinajstić information content (AvgIpc) is 3.46. The fraction of sp³-hybridized carbons (Fsp3) is 0.478. The van der Waals surface area contributed by atoms with Crippen LogP contribution in [-0.2, 0) is 19.5 Å². The van der Waals surface area contributed by atoms with Gasteiger partial charge in [-0.2, -0.15) is 0 Å². The predicted molar refractivity (Wildman–Crippen MR) is 112 cm³/mol. The molecule has 1 aromatic carbocycles. The number of hydrogen-bond donors (Lipinski definition) is 1. The van der Waals surface area contributed by atoms with Crippen molar-refractivity contribution in [3.05, 3.63) is 65.6 Å². The van der Waals surface area contributed by atoms with Gasteiger partial charge < -0.3 is 19.1 Å². The molecule has 0 amide bonds. The van der Waals surface area contributed by atoms with Gasteiger partial charge in [0.1, 0.15) is 11.5 Å². The Morgan fingerprint density at radius 3 is 2.97 bits per heavy atom. The van der Waals surface area contributed by atoms with Gasteiger partial charge in [0.05, 0.1) is 25.2 Å². The first-order chi connectivity index (χ1) is 14.2. The molecule has 0 spiro atoms. The van der Waals surface area contributed by atoms with Crippen LogP contribution in [-0.4, -0.2) is 27.4 Å². The quantitative estimate of drug-likeness (QED) is 0.591. The van der Waals surface area contributed by atoms with Gasteiger partial charge >= 0.3 is 0 Å². The second-order valence-electron chi connectivity index (χ2n) is 7.93. The lowest BCUT2D eigenvalue weighted by Gasteiger charge is -2.21. The van der Waals surface area contributed by atoms with Gasteiger partial charge in [0.25, 0.3) is 0 Å². The Bertz CT molecular complexity index is 904. The lowest BCUT2D eigenvalue weighted by atomic mass is 9.97. The third kappa shape index (κ3) is 5.07. The van der Waals surface area contributed by atoms with Gasteiger partial charge in [0.15, 0.2) is 0 Å². The van der Waals surface area contributed by atoms with Crippen LogP contribution in [0.15, 0.2) is 47.5 Å². The summed E-state index contributed by atoms with van der Waals surface area (Å²) in [6.45, 7) is 6.29. The molecular formula is C23H30N4O2. The Morgan fingerprint density at radius 2 is 2.21 bits per heavy atom. The topological polar surface area (TPSA) is 65.1 Å². The Kier molecular flexibility index (Phi) is 6.30. The van der Waals surface area contributed by atoms with Crippen molar-refractivity contribution in [1.82, 2.24) is 20.0 Å². The molecule has 2 aromatic heterocycles. The molecule has 0 aliphatic heterocycles. The first-order valence-corrected chi connectivity index (χ1v) is 10.6. The van der Waals surface area contributed by atoms with Crippen molar-refractivity contribution in [3.8, 4) is 5.75 Å². The summed E-state index contributed by atoms with van der Waals surface area (Å²) in [5.74, 6) is 2.56. The van der Waals surface area contributed by atoms with Crippen molar-refractivity contribution in [2.24, 2.45) is 5.92 Å². The number of nitrogens with one attached hydrogen (secondary N) is 1. The van der Waals surface area contributed by atoms with E-state index in [9.17, 15) is 0 Å². The number of rotatable bonds is 9. The molecule has 29 heavy (non-hydrogen) atoms. The van der Waals surface area contributed by atoms with Crippen LogP contribution in [0.25, 0.3) is 0 Å². The molecule has 0 saturated heterocycles. The maximum Gasteiger partial charge on any atom is 0.137 e. The second-order valence-corrected chi connectivity index (χ2v) is 7.93. The number of hydrogen-bond acceptors (Lipinski definition) is 5. The number of aromatic nitrogens is 3. The lowest BCUT2D eigenvalue weighted by molar-refractivity contribution is 0.328. The van der Waals surface area contributed by atoms with E-state index < -0.39 is 0 Å². The van der Waals surface area contributed by atoms with Crippen molar-refractivity contribution in [2.75, 3.05) is 6.61 Å². The number of imidazole rings is 1. The molecule has 1 N–H and O–H groups in total. The Morgan fingerprint density at radius 1 is 1.28 bits per heavy atom. The van der Waals surface area contributed by atoms with Crippen LogP contribution in [0.5, 0.6) is 5.75 Å². The lowest BCUT2D eigenvalue weighted by Crippen LogP contribution is -2.32. The molecule has 0 bridgehead atoms. The van der Waals surface area contributed by atoms with Gasteiger partial charge in [0, 0.05) is 43.0 Å². The summed E-state index contributed by atoms with van der Waals surface area (Å²) in [5.41, 5.74) is 3.43. The van der Waals surface area contributed by atoms with Crippen LogP contribution in [0, 0.1) is 12.8 Å². The van der Waals surface area contributed by atoms with Crippen LogP contribution in [0.1, 0.15) is 48.8 Å². The summed E-state index contributed by atoms with van der Waals surface area (Å²) in [4.78, 5) is 4.15. The monoisotopic (exact) mass is 394 g/mol.